The molecule has 0 saturated carbocycles. The van der Waals surface area contributed by atoms with Gasteiger partial charge in [0.05, 0.1) is 18.3 Å². The fraction of sp³-hybridized carbons (Fsp3) is 0.500. The Morgan fingerprint density at radius 2 is 2.09 bits per heavy atom. The second-order valence-corrected chi connectivity index (χ2v) is 6.16. The summed E-state index contributed by atoms with van der Waals surface area (Å²) in [7, 11) is 0. The van der Waals surface area contributed by atoms with Gasteiger partial charge in [-0.25, -0.2) is 0 Å². The molecule has 1 saturated heterocycles. The van der Waals surface area contributed by atoms with Gasteiger partial charge in [-0.1, -0.05) is 11.6 Å². The van der Waals surface area contributed by atoms with E-state index in [0.29, 0.717) is 18.0 Å². The van der Waals surface area contributed by atoms with Crippen LogP contribution >= 0.6 is 11.6 Å². The molecule has 0 bridgehead atoms. The first-order valence-electron chi connectivity index (χ1n) is 7.82. The lowest BCUT2D eigenvalue weighted by molar-refractivity contribution is -0.121. The number of aryl methyl sites for hydroxylation is 1. The maximum Gasteiger partial charge on any atom is 0.221 e. The SMILES string of the molecule is O=C(CCn1ncc2cc(Cl)ccc21)NCCN1CCCC1. The molecule has 2 aromatic rings. The molecular weight excluding hydrogens is 300 g/mol. The number of halogens is 1. The summed E-state index contributed by atoms with van der Waals surface area (Å²) in [5.74, 6) is 0.0804. The molecule has 1 aromatic carbocycles. The highest BCUT2D eigenvalue weighted by molar-refractivity contribution is 6.31. The minimum Gasteiger partial charge on any atom is -0.355 e. The summed E-state index contributed by atoms with van der Waals surface area (Å²) in [4.78, 5) is 14.3. The lowest BCUT2D eigenvalue weighted by Crippen LogP contribution is -2.33. The molecule has 0 atom stereocenters. The van der Waals surface area contributed by atoms with Crippen LogP contribution in [0.15, 0.2) is 24.4 Å². The number of hydrogen-bond acceptors (Lipinski definition) is 3. The van der Waals surface area contributed by atoms with E-state index in [4.69, 9.17) is 11.6 Å². The molecule has 118 valence electrons. The van der Waals surface area contributed by atoms with Crippen LogP contribution in [0.1, 0.15) is 19.3 Å². The van der Waals surface area contributed by atoms with Gasteiger partial charge in [-0.3, -0.25) is 9.48 Å². The molecule has 0 aliphatic carbocycles. The number of amides is 1. The number of nitrogens with zero attached hydrogens (tertiary/aromatic N) is 3. The number of nitrogens with one attached hydrogen (secondary N) is 1. The zero-order chi connectivity index (χ0) is 15.4. The van der Waals surface area contributed by atoms with E-state index in [1.165, 1.54) is 12.8 Å². The molecule has 1 aliphatic heterocycles. The molecule has 22 heavy (non-hydrogen) atoms. The van der Waals surface area contributed by atoms with Gasteiger partial charge in [0, 0.05) is 29.9 Å². The zero-order valence-corrected chi connectivity index (χ0v) is 13.4. The van der Waals surface area contributed by atoms with Crippen molar-refractivity contribution >= 4 is 28.4 Å². The molecule has 1 amide bonds. The van der Waals surface area contributed by atoms with Crippen molar-refractivity contribution in [1.29, 1.82) is 0 Å². The number of fused-ring (bicyclic) bond motifs is 1. The Kier molecular flexibility index (Phi) is 4.95. The highest BCUT2D eigenvalue weighted by Crippen LogP contribution is 2.19. The summed E-state index contributed by atoms with van der Waals surface area (Å²) in [5.41, 5.74) is 1.01. The molecule has 1 fully saturated rings. The van der Waals surface area contributed by atoms with Crippen molar-refractivity contribution in [2.45, 2.75) is 25.8 Å². The third kappa shape index (κ3) is 3.78. The number of rotatable bonds is 6. The first kappa shape index (κ1) is 15.3. The second-order valence-electron chi connectivity index (χ2n) is 5.72. The van der Waals surface area contributed by atoms with Gasteiger partial charge in [0.15, 0.2) is 0 Å². The summed E-state index contributed by atoms with van der Waals surface area (Å²) in [5, 5.41) is 9.01. The van der Waals surface area contributed by atoms with Gasteiger partial charge in [0.2, 0.25) is 5.91 Å². The van der Waals surface area contributed by atoms with Crippen molar-refractivity contribution < 1.29 is 4.79 Å². The van der Waals surface area contributed by atoms with Crippen molar-refractivity contribution in [3.63, 3.8) is 0 Å². The molecule has 1 aromatic heterocycles. The molecule has 3 rings (SSSR count). The van der Waals surface area contributed by atoms with Crippen molar-refractivity contribution in [2.75, 3.05) is 26.2 Å². The van der Waals surface area contributed by atoms with Crippen LogP contribution in [0.25, 0.3) is 10.9 Å². The highest BCUT2D eigenvalue weighted by atomic mass is 35.5. The number of carbonyl (C=O) groups excluding carboxylic acids is 1. The van der Waals surface area contributed by atoms with Crippen LogP contribution in [0.4, 0.5) is 0 Å². The molecule has 6 heteroatoms. The van der Waals surface area contributed by atoms with Gasteiger partial charge in [-0.2, -0.15) is 5.10 Å². The molecule has 0 spiro atoms. The van der Waals surface area contributed by atoms with E-state index in [9.17, 15) is 4.79 Å². The van der Waals surface area contributed by atoms with Gasteiger partial charge in [0.25, 0.3) is 0 Å². The maximum atomic E-state index is 11.9. The lowest BCUT2D eigenvalue weighted by atomic mass is 10.2. The normalized spacial score (nSPS) is 15.5. The topological polar surface area (TPSA) is 50.2 Å². The van der Waals surface area contributed by atoms with Crippen LogP contribution < -0.4 is 5.32 Å². The van der Waals surface area contributed by atoms with Crippen molar-refractivity contribution in [3.8, 4) is 0 Å². The van der Waals surface area contributed by atoms with E-state index < -0.39 is 0 Å². The molecular formula is C16H21ClN4O. The molecule has 1 aliphatic rings. The summed E-state index contributed by atoms with van der Waals surface area (Å²) in [6.07, 6.45) is 4.79. The summed E-state index contributed by atoms with van der Waals surface area (Å²) in [6, 6.07) is 5.67. The Morgan fingerprint density at radius 1 is 1.27 bits per heavy atom. The fourth-order valence-electron chi connectivity index (χ4n) is 2.89. The van der Waals surface area contributed by atoms with Crippen LogP contribution in [0.3, 0.4) is 0 Å². The smallest absolute Gasteiger partial charge is 0.221 e. The summed E-state index contributed by atoms with van der Waals surface area (Å²) in [6.45, 7) is 4.60. The summed E-state index contributed by atoms with van der Waals surface area (Å²) >= 11 is 5.96. The van der Waals surface area contributed by atoms with Gasteiger partial charge in [0.1, 0.15) is 0 Å². The minimum absolute atomic E-state index is 0.0804. The average molecular weight is 321 g/mol. The standard InChI is InChI=1S/C16H21ClN4O/c17-14-3-4-15-13(11-14)12-19-21(15)9-5-16(22)18-6-10-20-7-1-2-8-20/h3-4,11-12H,1-2,5-10H2,(H,18,22). The first-order chi connectivity index (χ1) is 10.7. The van der Waals surface area contributed by atoms with Gasteiger partial charge in [-0.05, 0) is 44.1 Å². The van der Waals surface area contributed by atoms with Crippen molar-refractivity contribution in [3.05, 3.63) is 29.4 Å². The molecule has 5 nitrogen and oxygen atoms in total. The van der Waals surface area contributed by atoms with Gasteiger partial charge < -0.3 is 10.2 Å². The quantitative estimate of drug-likeness (QED) is 0.888. The average Bonchev–Trinajstić information content (AvgIpc) is 3.14. The second kappa shape index (κ2) is 7.11. The number of benzene rings is 1. The number of aromatic nitrogens is 2. The van der Waals surface area contributed by atoms with Crippen LogP contribution in [0.5, 0.6) is 0 Å². The van der Waals surface area contributed by atoms with E-state index in [-0.39, 0.29) is 5.91 Å². The van der Waals surface area contributed by atoms with Gasteiger partial charge in [-0.15, -0.1) is 0 Å². The van der Waals surface area contributed by atoms with E-state index >= 15 is 0 Å². The largest absolute Gasteiger partial charge is 0.355 e. The predicted octanol–water partition coefficient (Wildman–Crippen LogP) is 2.29. The number of likely N-dealkylation sites (tertiary alicyclic amines) is 1. The Balaban J connectivity index is 1.45. The van der Waals surface area contributed by atoms with Crippen LogP contribution in [0.2, 0.25) is 5.02 Å². The number of carbonyl (C=O) groups is 1. The van der Waals surface area contributed by atoms with E-state index in [2.05, 4.69) is 15.3 Å². The van der Waals surface area contributed by atoms with Crippen LogP contribution in [-0.4, -0.2) is 46.8 Å². The van der Waals surface area contributed by atoms with Crippen LogP contribution in [-0.2, 0) is 11.3 Å². The molecule has 0 radical (unpaired) electrons. The monoisotopic (exact) mass is 320 g/mol. The van der Waals surface area contributed by atoms with Crippen molar-refractivity contribution in [1.82, 2.24) is 20.0 Å². The third-order valence-corrected chi connectivity index (χ3v) is 4.34. The van der Waals surface area contributed by atoms with E-state index in [1.54, 1.807) is 6.20 Å². The number of hydrogen-bond donors (Lipinski definition) is 1. The molecule has 1 N–H and O–H groups in total. The predicted molar refractivity (Wildman–Crippen MR) is 88.0 cm³/mol. The third-order valence-electron chi connectivity index (χ3n) is 4.10. The Morgan fingerprint density at radius 3 is 2.91 bits per heavy atom. The Hall–Kier alpha value is -1.59. The molecule has 0 unspecified atom stereocenters. The Bertz CT molecular complexity index is 649. The summed E-state index contributed by atoms with van der Waals surface area (Å²) < 4.78 is 1.85. The Labute approximate surface area is 135 Å². The first-order valence-corrected chi connectivity index (χ1v) is 8.20. The van der Waals surface area contributed by atoms with E-state index in [0.717, 1.165) is 37.1 Å². The fourth-order valence-corrected chi connectivity index (χ4v) is 3.07. The lowest BCUT2D eigenvalue weighted by Gasteiger charge is -2.14. The molecule has 2 heterocycles. The van der Waals surface area contributed by atoms with Crippen molar-refractivity contribution in [2.24, 2.45) is 0 Å². The maximum absolute atomic E-state index is 11.9. The van der Waals surface area contributed by atoms with Gasteiger partial charge >= 0.3 is 0 Å². The van der Waals surface area contributed by atoms with E-state index in [1.807, 2.05) is 22.9 Å². The highest BCUT2D eigenvalue weighted by Gasteiger charge is 2.11. The van der Waals surface area contributed by atoms with Crippen LogP contribution in [0, 0.1) is 0 Å². The zero-order valence-electron chi connectivity index (χ0n) is 12.6. The minimum atomic E-state index is 0.0804.